The minimum Gasteiger partial charge on any atom is -0.497 e. The van der Waals surface area contributed by atoms with E-state index in [1.165, 1.54) is 13.4 Å². The molecule has 6 nitrogen and oxygen atoms in total. The molecule has 4 aromatic rings. The van der Waals surface area contributed by atoms with Gasteiger partial charge in [-0.05, 0) is 42.0 Å². The summed E-state index contributed by atoms with van der Waals surface area (Å²) in [4.78, 5) is 17.8. The zero-order valence-electron chi connectivity index (χ0n) is 17.2. The van der Waals surface area contributed by atoms with Gasteiger partial charge in [-0.25, -0.2) is 0 Å². The van der Waals surface area contributed by atoms with Gasteiger partial charge in [0.2, 0.25) is 0 Å². The molecule has 0 atom stereocenters. The quantitative estimate of drug-likeness (QED) is 0.317. The summed E-state index contributed by atoms with van der Waals surface area (Å²) in [7, 11) is 3.10. The Morgan fingerprint density at radius 1 is 0.935 bits per heavy atom. The first kappa shape index (κ1) is 20.2. The van der Waals surface area contributed by atoms with Crippen LogP contribution in [-0.4, -0.2) is 26.5 Å². The summed E-state index contributed by atoms with van der Waals surface area (Å²) in [5.74, 6) is 1.31. The van der Waals surface area contributed by atoms with E-state index in [0.29, 0.717) is 28.0 Å². The molecule has 0 unspecified atom stereocenters. The van der Waals surface area contributed by atoms with Crippen LogP contribution >= 0.6 is 0 Å². The summed E-state index contributed by atoms with van der Waals surface area (Å²) in [6.07, 6.45) is 1.49. The Kier molecular flexibility index (Phi) is 5.98. The van der Waals surface area contributed by atoms with Crippen LogP contribution in [-0.2, 0) is 4.84 Å². The molecule has 4 rings (SSSR count). The van der Waals surface area contributed by atoms with Crippen molar-refractivity contribution < 1.29 is 18.7 Å². The van der Waals surface area contributed by atoms with E-state index in [0.717, 1.165) is 16.9 Å². The molecule has 3 aromatic carbocycles. The fourth-order valence-electron chi connectivity index (χ4n) is 3.22. The zero-order valence-corrected chi connectivity index (χ0v) is 17.2. The topological polar surface area (TPSA) is 70.3 Å². The molecule has 0 bridgehead atoms. The lowest BCUT2D eigenvalue weighted by Crippen LogP contribution is -2.13. The fraction of sp³-hybridized carbons (Fsp3) is 0.120. The van der Waals surface area contributed by atoms with Gasteiger partial charge >= 0.3 is 0 Å². The van der Waals surface area contributed by atoms with Gasteiger partial charge < -0.3 is 18.7 Å². The van der Waals surface area contributed by atoms with Crippen LogP contribution in [0.1, 0.15) is 5.56 Å². The van der Waals surface area contributed by atoms with Crippen LogP contribution in [0.5, 0.6) is 11.5 Å². The molecular formula is C25H21NO5. The average molecular weight is 415 g/mol. The Labute approximate surface area is 179 Å². The molecule has 0 saturated heterocycles. The predicted octanol–water partition coefficient (Wildman–Crippen LogP) is 4.90. The Balaban J connectivity index is 1.57. The Morgan fingerprint density at radius 2 is 1.68 bits per heavy atom. The first-order chi connectivity index (χ1) is 15.2. The largest absolute Gasteiger partial charge is 0.497 e. The normalized spacial score (nSPS) is 11.4. The lowest BCUT2D eigenvalue weighted by molar-refractivity contribution is 0.210. The number of nitrogens with zero attached hydrogens (tertiary/aromatic N) is 1. The van der Waals surface area contributed by atoms with Gasteiger partial charge in [0, 0.05) is 11.6 Å². The lowest BCUT2D eigenvalue weighted by Gasteiger charge is -2.10. The van der Waals surface area contributed by atoms with Crippen LogP contribution in [0, 0.1) is 0 Å². The maximum absolute atomic E-state index is 12.9. The summed E-state index contributed by atoms with van der Waals surface area (Å²) in [6, 6.07) is 22.0. The van der Waals surface area contributed by atoms with Gasteiger partial charge in [0.05, 0.1) is 18.1 Å². The summed E-state index contributed by atoms with van der Waals surface area (Å²) in [5.41, 5.74) is 3.18. The van der Waals surface area contributed by atoms with Crippen molar-refractivity contribution in [1.29, 1.82) is 0 Å². The Hall–Kier alpha value is -4.06. The highest BCUT2D eigenvalue weighted by Gasteiger charge is 2.11. The summed E-state index contributed by atoms with van der Waals surface area (Å²) in [6.45, 7) is 0.179. The van der Waals surface area contributed by atoms with Gasteiger partial charge in [0.25, 0.3) is 0 Å². The van der Waals surface area contributed by atoms with Crippen LogP contribution in [0.3, 0.4) is 0 Å². The third-order valence-corrected chi connectivity index (χ3v) is 4.83. The standard InChI is InChI=1S/C25H21NO5/c1-28-19-10-8-18(9-11-19)23(26-29-2)16-30-20-12-13-21-24(14-20)31-15-22(25(21)27)17-6-4-3-5-7-17/h3-15H,16H2,1-2H3/b26-23-. The van der Waals surface area contributed by atoms with Crippen LogP contribution in [0.15, 0.2) is 93.4 Å². The second-order valence-electron chi connectivity index (χ2n) is 6.74. The molecule has 156 valence electrons. The van der Waals surface area contributed by atoms with Gasteiger partial charge in [-0.15, -0.1) is 0 Å². The van der Waals surface area contributed by atoms with Crippen molar-refractivity contribution in [3.63, 3.8) is 0 Å². The van der Waals surface area contributed by atoms with E-state index in [-0.39, 0.29) is 12.0 Å². The molecule has 31 heavy (non-hydrogen) atoms. The molecule has 0 fully saturated rings. The maximum Gasteiger partial charge on any atom is 0.200 e. The van der Waals surface area contributed by atoms with E-state index in [1.807, 2.05) is 54.6 Å². The third-order valence-electron chi connectivity index (χ3n) is 4.83. The minimum atomic E-state index is -0.0844. The smallest absolute Gasteiger partial charge is 0.200 e. The highest BCUT2D eigenvalue weighted by molar-refractivity contribution is 6.01. The molecular weight excluding hydrogens is 394 g/mol. The molecule has 0 N–H and O–H groups in total. The van der Waals surface area contributed by atoms with Crippen LogP contribution in [0.25, 0.3) is 22.1 Å². The summed E-state index contributed by atoms with van der Waals surface area (Å²) < 4.78 is 16.8. The van der Waals surface area contributed by atoms with E-state index in [2.05, 4.69) is 5.16 Å². The number of benzene rings is 3. The molecule has 0 spiro atoms. The Bertz CT molecular complexity index is 1260. The van der Waals surface area contributed by atoms with E-state index in [9.17, 15) is 4.79 Å². The van der Waals surface area contributed by atoms with Crippen LogP contribution < -0.4 is 14.9 Å². The van der Waals surface area contributed by atoms with Gasteiger partial charge in [0.15, 0.2) is 5.43 Å². The predicted molar refractivity (Wildman–Crippen MR) is 120 cm³/mol. The molecule has 0 aliphatic carbocycles. The zero-order chi connectivity index (χ0) is 21.6. The van der Waals surface area contributed by atoms with E-state index in [4.69, 9.17) is 18.7 Å². The van der Waals surface area contributed by atoms with E-state index < -0.39 is 0 Å². The van der Waals surface area contributed by atoms with Crippen LogP contribution in [0.2, 0.25) is 0 Å². The number of rotatable bonds is 7. The number of methoxy groups -OCH3 is 1. The van der Waals surface area contributed by atoms with Crippen molar-refractivity contribution in [2.45, 2.75) is 0 Å². The first-order valence-corrected chi connectivity index (χ1v) is 9.68. The second kappa shape index (κ2) is 9.17. The fourth-order valence-corrected chi connectivity index (χ4v) is 3.22. The highest BCUT2D eigenvalue weighted by Crippen LogP contribution is 2.23. The van der Waals surface area contributed by atoms with Crippen molar-refractivity contribution in [2.24, 2.45) is 5.16 Å². The molecule has 0 saturated carbocycles. The number of hydrogen-bond acceptors (Lipinski definition) is 6. The van der Waals surface area contributed by atoms with Crippen LogP contribution in [0.4, 0.5) is 0 Å². The van der Waals surface area contributed by atoms with Crippen molar-refractivity contribution >= 4 is 16.7 Å². The van der Waals surface area contributed by atoms with Crippen molar-refractivity contribution in [1.82, 2.24) is 0 Å². The lowest BCUT2D eigenvalue weighted by atomic mass is 10.1. The monoisotopic (exact) mass is 415 g/mol. The molecule has 1 aromatic heterocycles. The maximum atomic E-state index is 12.9. The van der Waals surface area contributed by atoms with Crippen molar-refractivity contribution in [3.8, 4) is 22.6 Å². The number of ether oxygens (including phenoxy) is 2. The molecule has 0 amide bonds. The van der Waals surface area contributed by atoms with Crippen molar-refractivity contribution in [2.75, 3.05) is 20.8 Å². The van der Waals surface area contributed by atoms with E-state index >= 15 is 0 Å². The minimum absolute atomic E-state index is 0.0844. The first-order valence-electron chi connectivity index (χ1n) is 9.68. The molecule has 0 radical (unpaired) electrons. The molecule has 6 heteroatoms. The highest BCUT2D eigenvalue weighted by atomic mass is 16.6. The second-order valence-corrected chi connectivity index (χ2v) is 6.74. The van der Waals surface area contributed by atoms with Gasteiger partial charge in [0.1, 0.15) is 42.8 Å². The number of hydrogen-bond donors (Lipinski definition) is 0. The van der Waals surface area contributed by atoms with Gasteiger partial charge in [-0.3, -0.25) is 4.79 Å². The molecule has 0 aliphatic rings. The van der Waals surface area contributed by atoms with E-state index in [1.54, 1.807) is 25.3 Å². The average Bonchev–Trinajstić information content (AvgIpc) is 2.82. The SMILES string of the molecule is CO/N=C(/COc1ccc2c(=O)c(-c3ccccc3)coc2c1)c1ccc(OC)cc1. The number of fused-ring (bicyclic) bond motifs is 1. The summed E-state index contributed by atoms with van der Waals surface area (Å²) in [5, 5.41) is 4.56. The molecule has 0 aliphatic heterocycles. The van der Waals surface area contributed by atoms with Gasteiger partial charge in [-0.1, -0.05) is 35.5 Å². The summed E-state index contributed by atoms with van der Waals surface area (Å²) >= 11 is 0. The third kappa shape index (κ3) is 4.43. The number of oxime groups is 1. The van der Waals surface area contributed by atoms with Crippen molar-refractivity contribution in [3.05, 3.63) is 94.8 Å². The van der Waals surface area contributed by atoms with Gasteiger partial charge in [-0.2, -0.15) is 0 Å². The molecule has 1 heterocycles. The Morgan fingerprint density at radius 3 is 2.39 bits per heavy atom.